The van der Waals surface area contributed by atoms with Crippen LogP contribution in [-0.2, 0) is 21.2 Å². The summed E-state index contributed by atoms with van der Waals surface area (Å²) in [6.07, 6.45) is 7.15. The fraction of sp³-hybridized carbons (Fsp3) is 0.500. The summed E-state index contributed by atoms with van der Waals surface area (Å²) in [6, 6.07) is 15.7. The Morgan fingerprint density at radius 1 is 1.12 bits per heavy atom. The molecule has 3 rings (SSSR count). The maximum absolute atomic E-state index is 12.2. The number of benzene rings is 2. The highest BCUT2D eigenvalue weighted by atomic mass is 35.5. The van der Waals surface area contributed by atoms with Gasteiger partial charge in [0, 0.05) is 12.1 Å². The molecule has 0 saturated carbocycles. The first-order chi connectivity index (χ1) is 15.8. The second-order valence-electron chi connectivity index (χ2n) is 9.03. The number of aliphatic carboxylic acids is 1. The predicted molar refractivity (Wildman–Crippen MR) is 140 cm³/mol. The van der Waals surface area contributed by atoms with Gasteiger partial charge in [-0.05, 0) is 54.5 Å². The summed E-state index contributed by atoms with van der Waals surface area (Å²) in [5, 5.41) is 13.5. The van der Waals surface area contributed by atoms with Gasteiger partial charge in [-0.1, -0.05) is 74.7 Å². The van der Waals surface area contributed by atoms with Crippen LogP contribution in [0.4, 0.5) is 0 Å². The lowest BCUT2D eigenvalue weighted by Crippen LogP contribution is -2.54. The number of sulfonamides is 1. The van der Waals surface area contributed by atoms with Crippen LogP contribution in [0.25, 0.3) is 11.1 Å². The second kappa shape index (κ2) is 13.2. The van der Waals surface area contributed by atoms with Gasteiger partial charge in [0.25, 0.3) is 0 Å². The Morgan fingerprint density at radius 2 is 1.79 bits per heavy atom. The molecule has 8 heteroatoms. The zero-order chi connectivity index (χ0) is 23.8. The van der Waals surface area contributed by atoms with E-state index in [2.05, 4.69) is 23.0 Å². The van der Waals surface area contributed by atoms with Crippen molar-refractivity contribution in [2.75, 3.05) is 12.8 Å². The van der Waals surface area contributed by atoms with Crippen molar-refractivity contribution in [1.29, 1.82) is 0 Å². The fourth-order valence-corrected chi connectivity index (χ4v) is 5.67. The monoisotopic (exact) mass is 508 g/mol. The molecule has 1 aliphatic rings. The lowest BCUT2D eigenvalue weighted by Gasteiger charge is -2.33. The smallest absolute Gasteiger partial charge is 0.310 e. The molecule has 3 N–H and O–H groups in total. The summed E-state index contributed by atoms with van der Waals surface area (Å²) in [5.74, 6) is -1.34. The van der Waals surface area contributed by atoms with Gasteiger partial charge in [0.1, 0.15) is 0 Å². The summed E-state index contributed by atoms with van der Waals surface area (Å²) >= 11 is 0. The third kappa shape index (κ3) is 7.80. The number of hydrogen-bond donors (Lipinski definition) is 3. The minimum atomic E-state index is -3.31. The molecule has 2 aromatic carbocycles. The molecule has 1 saturated heterocycles. The minimum Gasteiger partial charge on any atom is -0.481 e. The van der Waals surface area contributed by atoms with Crippen molar-refractivity contribution in [3.63, 3.8) is 0 Å². The summed E-state index contributed by atoms with van der Waals surface area (Å²) in [5.41, 5.74) is 3.89. The number of halogens is 1. The van der Waals surface area contributed by atoms with Crippen molar-refractivity contribution < 1.29 is 18.3 Å². The maximum Gasteiger partial charge on any atom is 0.310 e. The first kappa shape index (κ1) is 28.3. The van der Waals surface area contributed by atoms with E-state index in [1.807, 2.05) is 42.5 Å². The number of hydrogen-bond acceptors (Lipinski definition) is 4. The van der Waals surface area contributed by atoms with Crippen molar-refractivity contribution in [3.05, 3.63) is 59.7 Å². The lowest BCUT2D eigenvalue weighted by molar-refractivity contribution is -0.139. The van der Waals surface area contributed by atoms with E-state index in [0.29, 0.717) is 12.8 Å². The highest BCUT2D eigenvalue weighted by molar-refractivity contribution is 7.88. The predicted octanol–water partition coefficient (Wildman–Crippen LogP) is 4.74. The first-order valence-electron chi connectivity index (χ1n) is 11.9. The van der Waals surface area contributed by atoms with Crippen LogP contribution in [0.2, 0.25) is 0 Å². The molecule has 0 spiro atoms. The molecule has 0 radical (unpaired) electrons. The van der Waals surface area contributed by atoms with E-state index in [0.717, 1.165) is 60.9 Å². The second-order valence-corrected chi connectivity index (χ2v) is 10.8. The summed E-state index contributed by atoms with van der Waals surface area (Å²) < 4.78 is 26.6. The average molecular weight is 509 g/mol. The van der Waals surface area contributed by atoms with Gasteiger partial charge in [0.2, 0.25) is 10.0 Å². The van der Waals surface area contributed by atoms with Crippen LogP contribution in [0, 0.1) is 0 Å². The molecule has 3 unspecified atom stereocenters. The molecule has 0 bridgehead atoms. The molecule has 0 aromatic heterocycles. The number of piperidine rings is 1. The number of rotatable bonds is 11. The van der Waals surface area contributed by atoms with Crippen LogP contribution < -0.4 is 10.0 Å². The van der Waals surface area contributed by atoms with Crippen LogP contribution in [0.5, 0.6) is 0 Å². The molecular formula is C26H37ClN2O4S. The van der Waals surface area contributed by atoms with E-state index < -0.39 is 21.9 Å². The highest BCUT2D eigenvalue weighted by Gasteiger charge is 2.29. The van der Waals surface area contributed by atoms with E-state index in [1.165, 1.54) is 6.26 Å². The van der Waals surface area contributed by atoms with Gasteiger partial charge in [-0.3, -0.25) is 4.79 Å². The third-order valence-electron chi connectivity index (χ3n) is 6.43. The van der Waals surface area contributed by atoms with E-state index in [9.17, 15) is 18.3 Å². The molecule has 34 heavy (non-hydrogen) atoms. The quantitative estimate of drug-likeness (QED) is 0.381. The SMILES string of the molecule is CCCCCC(C(=O)O)c1ccccc1-c1ccccc1CC1NCCCC1NS(C)(=O)=O.Cl. The van der Waals surface area contributed by atoms with Gasteiger partial charge in [-0.15, -0.1) is 12.4 Å². The fourth-order valence-electron chi connectivity index (χ4n) is 4.84. The molecule has 2 aromatic rings. The minimum absolute atomic E-state index is 0. The summed E-state index contributed by atoms with van der Waals surface area (Å²) in [6.45, 7) is 2.97. The van der Waals surface area contributed by atoms with E-state index in [1.54, 1.807) is 0 Å². The lowest BCUT2D eigenvalue weighted by atomic mass is 9.84. The van der Waals surface area contributed by atoms with E-state index in [-0.39, 0.29) is 24.5 Å². The first-order valence-corrected chi connectivity index (χ1v) is 13.8. The van der Waals surface area contributed by atoms with Crippen molar-refractivity contribution in [2.45, 2.75) is 69.9 Å². The molecule has 1 aliphatic heterocycles. The Balaban J connectivity index is 0.00000408. The van der Waals surface area contributed by atoms with Gasteiger partial charge in [-0.2, -0.15) is 0 Å². The van der Waals surface area contributed by atoms with Crippen LogP contribution >= 0.6 is 12.4 Å². The third-order valence-corrected chi connectivity index (χ3v) is 7.16. The van der Waals surface area contributed by atoms with Crippen molar-refractivity contribution in [1.82, 2.24) is 10.0 Å². The van der Waals surface area contributed by atoms with Crippen LogP contribution in [0.1, 0.15) is 62.5 Å². The Kier molecular flexibility index (Phi) is 11.0. The van der Waals surface area contributed by atoms with Crippen molar-refractivity contribution >= 4 is 28.4 Å². The van der Waals surface area contributed by atoms with Crippen LogP contribution in [0.15, 0.2) is 48.5 Å². The van der Waals surface area contributed by atoms with Crippen LogP contribution in [-0.4, -0.2) is 44.4 Å². The van der Waals surface area contributed by atoms with E-state index in [4.69, 9.17) is 0 Å². The van der Waals surface area contributed by atoms with Gasteiger partial charge in [0.05, 0.1) is 12.2 Å². The molecule has 1 fully saturated rings. The number of carboxylic acid groups (broad SMARTS) is 1. The van der Waals surface area contributed by atoms with Crippen molar-refractivity contribution in [3.8, 4) is 11.1 Å². The highest BCUT2D eigenvalue weighted by Crippen LogP contribution is 2.35. The molecular weight excluding hydrogens is 472 g/mol. The van der Waals surface area contributed by atoms with Crippen LogP contribution in [0.3, 0.4) is 0 Å². The molecule has 3 atom stereocenters. The Bertz CT molecular complexity index is 1040. The van der Waals surface area contributed by atoms with Gasteiger partial charge in [-0.25, -0.2) is 13.1 Å². The largest absolute Gasteiger partial charge is 0.481 e. The number of nitrogens with one attached hydrogen (secondary N) is 2. The number of carboxylic acids is 1. The number of carbonyl (C=O) groups is 1. The molecule has 0 aliphatic carbocycles. The average Bonchev–Trinajstić information content (AvgIpc) is 2.77. The molecule has 6 nitrogen and oxygen atoms in total. The Hall–Kier alpha value is -1.93. The molecule has 0 amide bonds. The van der Waals surface area contributed by atoms with E-state index >= 15 is 0 Å². The van der Waals surface area contributed by atoms with Gasteiger partial charge < -0.3 is 10.4 Å². The Labute approximate surface area is 210 Å². The summed E-state index contributed by atoms with van der Waals surface area (Å²) in [4.78, 5) is 12.2. The zero-order valence-electron chi connectivity index (χ0n) is 20.0. The van der Waals surface area contributed by atoms with Crippen molar-refractivity contribution in [2.24, 2.45) is 0 Å². The zero-order valence-corrected chi connectivity index (χ0v) is 21.6. The normalized spacial score (nSPS) is 19.2. The van der Waals surface area contributed by atoms with Gasteiger partial charge in [0.15, 0.2) is 0 Å². The van der Waals surface area contributed by atoms with Gasteiger partial charge >= 0.3 is 5.97 Å². The molecule has 188 valence electrons. The number of unbranched alkanes of at least 4 members (excludes halogenated alkanes) is 2. The maximum atomic E-state index is 12.2. The molecule has 1 heterocycles. The standard InChI is InChI=1S/C26H36N2O4S.ClH/c1-3-4-5-15-23(26(29)30)22-14-9-8-13-21(22)20-12-7-6-11-19(20)18-25-24(16-10-17-27-25)28-33(2,31)32;/h6-9,11-14,23-25,27-28H,3-5,10,15-18H2,1-2H3,(H,29,30);1H. The Morgan fingerprint density at radius 3 is 2.47 bits per heavy atom. The summed E-state index contributed by atoms with van der Waals surface area (Å²) in [7, 11) is -3.31. The topological polar surface area (TPSA) is 95.5 Å².